The van der Waals surface area contributed by atoms with E-state index >= 15 is 0 Å². The average Bonchev–Trinajstić information content (AvgIpc) is 2.65. The van der Waals surface area contributed by atoms with Crippen LogP contribution in [0, 0.1) is 19.3 Å². The minimum Gasteiger partial charge on any atom is -0.462 e. The van der Waals surface area contributed by atoms with Gasteiger partial charge in [-0.1, -0.05) is 18.2 Å². The maximum atomic E-state index is 12.8. The normalized spacial score (nSPS) is 10.9. The van der Waals surface area contributed by atoms with Crippen LogP contribution in [-0.4, -0.2) is 24.4 Å². The third kappa shape index (κ3) is 4.76. The lowest BCUT2D eigenvalue weighted by molar-refractivity contribution is -0.135. The summed E-state index contributed by atoms with van der Waals surface area (Å²) in [5.41, 5.74) is 2.16. The summed E-state index contributed by atoms with van der Waals surface area (Å²) in [7, 11) is 0. The number of carbonyl (C=O) groups excluding carboxylic acids is 3. The molecule has 0 heterocycles. The Hall–Kier alpha value is -3.15. The minimum atomic E-state index is -1.30. The highest BCUT2D eigenvalue weighted by atomic mass is 16.5. The van der Waals surface area contributed by atoms with Crippen LogP contribution in [0.25, 0.3) is 0 Å². The van der Waals surface area contributed by atoms with Gasteiger partial charge in [-0.2, -0.15) is 0 Å². The monoisotopic (exact) mass is 382 g/mol. The summed E-state index contributed by atoms with van der Waals surface area (Å²) in [6.45, 7) is 8.97. The third-order valence-corrected chi connectivity index (χ3v) is 4.51. The first kappa shape index (κ1) is 21.2. The number of ether oxygens (including phenoxy) is 1. The van der Waals surface area contributed by atoms with Gasteiger partial charge in [0.05, 0.1) is 12.2 Å². The van der Waals surface area contributed by atoms with Crippen LogP contribution in [0.3, 0.4) is 0 Å². The minimum absolute atomic E-state index is 0.293. The second-order valence-corrected chi connectivity index (χ2v) is 7.10. The number of anilines is 2. The van der Waals surface area contributed by atoms with E-state index in [1.807, 2.05) is 32.0 Å². The predicted molar refractivity (Wildman–Crippen MR) is 109 cm³/mol. The Morgan fingerprint density at radius 3 is 1.96 bits per heavy atom. The van der Waals surface area contributed by atoms with Crippen molar-refractivity contribution in [1.82, 2.24) is 0 Å². The first-order valence-electron chi connectivity index (χ1n) is 9.13. The molecule has 2 N–H and O–H groups in total. The Morgan fingerprint density at radius 1 is 0.893 bits per heavy atom. The van der Waals surface area contributed by atoms with Gasteiger partial charge in [0.25, 0.3) is 0 Å². The Labute approximate surface area is 165 Å². The molecule has 0 unspecified atom stereocenters. The quantitative estimate of drug-likeness (QED) is 0.582. The fourth-order valence-electron chi connectivity index (χ4n) is 2.58. The molecular weight excluding hydrogens is 356 g/mol. The smallest absolute Gasteiger partial charge is 0.338 e. The van der Waals surface area contributed by atoms with Crippen molar-refractivity contribution in [2.75, 3.05) is 17.2 Å². The molecule has 0 spiro atoms. The highest BCUT2D eigenvalue weighted by Crippen LogP contribution is 2.25. The Morgan fingerprint density at radius 2 is 1.43 bits per heavy atom. The zero-order chi connectivity index (χ0) is 20.9. The molecular formula is C22H26N2O4. The number of esters is 1. The molecule has 2 amide bonds. The standard InChI is InChI=1S/C22H26N2O4/c1-6-28-19(25)16-10-12-17(13-11-16)23-20(26)22(4,5)21(27)24-18-14(2)8-7-9-15(18)3/h7-13H,6H2,1-5H3,(H,23,26)(H,24,27). The number of carbonyl (C=O) groups is 3. The first-order chi connectivity index (χ1) is 13.2. The SMILES string of the molecule is CCOC(=O)c1ccc(NC(=O)C(C)(C)C(=O)Nc2c(C)cccc2C)cc1. The number of amides is 2. The van der Waals surface area contributed by atoms with Gasteiger partial charge in [0.2, 0.25) is 11.8 Å². The number of nitrogens with one attached hydrogen (secondary N) is 2. The van der Waals surface area contributed by atoms with Gasteiger partial charge in [-0.25, -0.2) is 4.79 Å². The summed E-state index contributed by atoms with van der Waals surface area (Å²) in [6, 6.07) is 12.1. The molecule has 0 aliphatic carbocycles. The number of para-hydroxylation sites is 1. The molecule has 0 bridgehead atoms. The molecule has 2 aromatic rings. The number of aryl methyl sites for hydroxylation is 2. The van der Waals surface area contributed by atoms with Crippen LogP contribution in [0.4, 0.5) is 11.4 Å². The fraction of sp³-hybridized carbons (Fsp3) is 0.318. The Kier molecular flexibility index (Phi) is 6.57. The Balaban J connectivity index is 2.09. The van der Waals surface area contributed by atoms with E-state index < -0.39 is 23.2 Å². The molecule has 148 valence electrons. The third-order valence-electron chi connectivity index (χ3n) is 4.51. The van der Waals surface area contributed by atoms with E-state index in [2.05, 4.69) is 10.6 Å². The highest BCUT2D eigenvalue weighted by Gasteiger charge is 2.36. The van der Waals surface area contributed by atoms with Crippen molar-refractivity contribution in [3.8, 4) is 0 Å². The first-order valence-corrected chi connectivity index (χ1v) is 9.13. The lowest BCUT2D eigenvalue weighted by Gasteiger charge is -2.24. The average molecular weight is 382 g/mol. The second kappa shape index (κ2) is 8.69. The lowest BCUT2D eigenvalue weighted by Crippen LogP contribution is -2.41. The van der Waals surface area contributed by atoms with Gasteiger partial charge in [0.15, 0.2) is 0 Å². The molecule has 0 saturated carbocycles. The molecule has 0 saturated heterocycles. The molecule has 2 rings (SSSR count). The van der Waals surface area contributed by atoms with Crippen molar-refractivity contribution >= 4 is 29.2 Å². The molecule has 0 fully saturated rings. The van der Waals surface area contributed by atoms with Crippen LogP contribution in [0.1, 0.15) is 42.3 Å². The van der Waals surface area contributed by atoms with E-state index in [1.54, 1.807) is 45.0 Å². The number of rotatable bonds is 6. The Bertz CT molecular complexity index is 866. The summed E-state index contributed by atoms with van der Waals surface area (Å²) in [5, 5.41) is 5.59. The summed E-state index contributed by atoms with van der Waals surface area (Å²) in [5.74, 6) is -1.26. The van der Waals surface area contributed by atoms with E-state index in [0.717, 1.165) is 11.1 Å². The summed E-state index contributed by atoms with van der Waals surface area (Å²) in [6.07, 6.45) is 0. The second-order valence-electron chi connectivity index (χ2n) is 7.10. The largest absolute Gasteiger partial charge is 0.462 e. The van der Waals surface area contributed by atoms with Crippen molar-refractivity contribution < 1.29 is 19.1 Å². The zero-order valence-corrected chi connectivity index (χ0v) is 16.9. The molecule has 6 nitrogen and oxygen atoms in total. The maximum absolute atomic E-state index is 12.8. The van der Waals surface area contributed by atoms with Crippen LogP contribution < -0.4 is 10.6 Å². The molecule has 0 aliphatic heterocycles. The van der Waals surface area contributed by atoms with Crippen molar-refractivity contribution in [3.63, 3.8) is 0 Å². The van der Waals surface area contributed by atoms with E-state index in [4.69, 9.17) is 4.74 Å². The van der Waals surface area contributed by atoms with Crippen molar-refractivity contribution in [2.24, 2.45) is 5.41 Å². The van der Waals surface area contributed by atoms with Gasteiger partial charge in [-0.15, -0.1) is 0 Å². The van der Waals surface area contributed by atoms with Gasteiger partial charge in [-0.3, -0.25) is 9.59 Å². The molecule has 0 aliphatic rings. The van der Waals surface area contributed by atoms with Crippen LogP contribution >= 0.6 is 0 Å². The molecule has 2 aromatic carbocycles. The van der Waals surface area contributed by atoms with Crippen LogP contribution in [-0.2, 0) is 14.3 Å². The number of benzene rings is 2. The molecule has 0 radical (unpaired) electrons. The van der Waals surface area contributed by atoms with Gasteiger partial charge in [0.1, 0.15) is 5.41 Å². The summed E-state index contributed by atoms with van der Waals surface area (Å²) in [4.78, 5) is 37.1. The van der Waals surface area contributed by atoms with Crippen LogP contribution in [0.15, 0.2) is 42.5 Å². The van der Waals surface area contributed by atoms with Gasteiger partial charge in [0, 0.05) is 11.4 Å². The van der Waals surface area contributed by atoms with E-state index in [-0.39, 0.29) is 0 Å². The van der Waals surface area contributed by atoms with Crippen molar-refractivity contribution in [2.45, 2.75) is 34.6 Å². The van der Waals surface area contributed by atoms with E-state index in [9.17, 15) is 14.4 Å². The molecule has 6 heteroatoms. The summed E-state index contributed by atoms with van der Waals surface area (Å²) < 4.78 is 4.93. The molecule has 0 atom stereocenters. The van der Waals surface area contributed by atoms with E-state index in [0.29, 0.717) is 23.5 Å². The molecule has 28 heavy (non-hydrogen) atoms. The number of hydrogen-bond donors (Lipinski definition) is 2. The van der Waals surface area contributed by atoms with Gasteiger partial charge >= 0.3 is 5.97 Å². The highest BCUT2D eigenvalue weighted by molar-refractivity contribution is 6.14. The van der Waals surface area contributed by atoms with Crippen molar-refractivity contribution in [3.05, 3.63) is 59.2 Å². The predicted octanol–water partition coefficient (Wildman–Crippen LogP) is 4.08. The summed E-state index contributed by atoms with van der Waals surface area (Å²) >= 11 is 0. The van der Waals surface area contributed by atoms with Crippen molar-refractivity contribution in [1.29, 1.82) is 0 Å². The number of hydrogen-bond acceptors (Lipinski definition) is 4. The lowest BCUT2D eigenvalue weighted by atomic mass is 9.90. The zero-order valence-electron chi connectivity index (χ0n) is 16.9. The maximum Gasteiger partial charge on any atom is 0.338 e. The van der Waals surface area contributed by atoms with Gasteiger partial charge in [-0.05, 0) is 70.0 Å². The van der Waals surface area contributed by atoms with Crippen LogP contribution in [0.5, 0.6) is 0 Å². The fourth-order valence-corrected chi connectivity index (χ4v) is 2.58. The van der Waals surface area contributed by atoms with Gasteiger partial charge < -0.3 is 15.4 Å². The van der Waals surface area contributed by atoms with Crippen LogP contribution in [0.2, 0.25) is 0 Å². The molecule has 0 aromatic heterocycles. The van der Waals surface area contributed by atoms with E-state index in [1.165, 1.54) is 0 Å². The topological polar surface area (TPSA) is 84.5 Å².